The van der Waals surface area contributed by atoms with E-state index in [1.807, 2.05) is 13.8 Å². The number of hydrogen-bond acceptors (Lipinski definition) is 5. The van der Waals surface area contributed by atoms with Crippen LogP contribution in [0.2, 0.25) is 0 Å². The highest BCUT2D eigenvalue weighted by Gasteiger charge is 2.25. The Morgan fingerprint density at radius 1 is 1.45 bits per heavy atom. The first-order valence-electron chi connectivity index (χ1n) is 8.07. The normalized spacial score (nSPS) is 21.8. The molecular weight excluding hydrogens is 282 g/mol. The molecule has 1 saturated heterocycles. The second-order valence-corrected chi connectivity index (χ2v) is 5.82. The molecule has 2 atom stereocenters. The van der Waals surface area contributed by atoms with Crippen LogP contribution in [-0.2, 0) is 24.2 Å². The standard InChI is InChI=1S/C16H25N3O3/c1-3-12-13(4-2)18-10-19(16(12)22)9-11(20)8-14-15(21)6-5-7-17-14/h10,14-15,17,21H,3-9H2,1-2H3/t14?,15-/m0/s1. The van der Waals surface area contributed by atoms with Crippen LogP contribution in [0, 0.1) is 0 Å². The van der Waals surface area contributed by atoms with Crippen LogP contribution in [0.15, 0.2) is 11.1 Å². The van der Waals surface area contributed by atoms with Gasteiger partial charge in [-0.15, -0.1) is 0 Å². The van der Waals surface area contributed by atoms with E-state index in [1.54, 1.807) is 0 Å². The lowest BCUT2D eigenvalue weighted by molar-refractivity contribution is -0.121. The number of aromatic nitrogens is 2. The van der Waals surface area contributed by atoms with Gasteiger partial charge in [0.25, 0.3) is 5.56 Å². The molecule has 0 aliphatic carbocycles. The SMILES string of the molecule is CCc1ncn(CC(=O)CC2NCCC[C@@H]2O)c(=O)c1CC. The van der Waals surface area contributed by atoms with Gasteiger partial charge in [0.2, 0.25) is 0 Å². The van der Waals surface area contributed by atoms with Crippen LogP contribution >= 0.6 is 0 Å². The molecule has 0 bridgehead atoms. The van der Waals surface area contributed by atoms with E-state index in [1.165, 1.54) is 10.9 Å². The molecule has 1 aliphatic rings. The predicted octanol–water partition coefficient (Wildman–Crippen LogP) is 0.440. The largest absolute Gasteiger partial charge is 0.391 e. The van der Waals surface area contributed by atoms with E-state index >= 15 is 0 Å². The molecule has 1 unspecified atom stereocenters. The second kappa shape index (κ2) is 7.65. The molecule has 0 saturated carbocycles. The Morgan fingerprint density at radius 2 is 2.23 bits per heavy atom. The molecule has 6 heteroatoms. The number of aliphatic hydroxyl groups excluding tert-OH is 1. The number of Topliss-reactive ketones (excluding diaryl/α,β-unsaturated/α-hetero) is 1. The van der Waals surface area contributed by atoms with Crippen LogP contribution in [0.4, 0.5) is 0 Å². The molecule has 2 rings (SSSR count). The average Bonchev–Trinajstić information content (AvgIpc) is 2.51. The van der Waals surface area contributed by atoms with Gasteiger partial charge in [0.1, 0.15) is 0 Å². The Hall–Kier alpha value is -1.53. The van der Waals surface area contributed by atoms with E-state index < -0.39 is 6.10 Å². The molecule has 1 aliphatic heterocycles. The Morgan fingerprint density at radius 3 is 2.86 bits per heavy atom. The zero-order valence-electron chi connectivity index (χ0n) is 13.3. The van der Waals surface area contributed by atoms with Gasteiger partial charge in [0.15, 0.2) is 5.78 Å². The number of carbonyl (C=O) groups is 1. The zero-order valence-corrected chi connectivity index (χ0v) is 13.3. The average molecular weight is 307 g/mol. The van der Waals surface area contributed by atoms with Crippen molar-refractivity contribution < 1.29 is 9.90 Å². The fourth-order valence-corrected chi connectivity index (χ4v) is 2.98. The minimum atomic E-state index is -0.485. The fourth-order valence-electron chi connectivity index (χ4n) is 2.98. The van der Waals surface area contributed by atoms with Crippen LogP contribution in [0.1, 0.15) is 44.4 Å². The summed E-state index contributed by atoms with van der Waals surface area (Å²) in [6.07, 6.45) is 4.19. The highest BCUT2D eigenvalue weighted by atomic mass is 16.3. The number of nitrogens with zero attached hydrogens (tertiary/aromatic N) is 2. The number of aliphatic hydroxyl groups is 1. The molecule has 1 aromatic rings. The van der Waals surface area contributed by atoms with Crippen molar-refractivity contribution in [2.24, 2.45) is 0 Å². The number of carbonyl (C=O) groups excluding carboxylic acids is 1. The topological polar surface area (TPSA) is 84.2 Å². The van der Waals surface area contributed by atoms with Crippen molar-refractivity contribution in [1.82, 2.24) is 14.9 Å². The first kappa shape index (κ1) is 16.8. The molecule has 0 aromatic carbocycles. The first-order chi connectivity index (χ1) is 10.6. The highest BCUT2D eigenvalue weighted by molar-refractivity contribution is 5.78. The number of hydrogen-bond donors (Lipinski definition) is 2. The molecule has 1 fully saturated rings. The molecule has 6 nitrogen and oxygen atoms in total. The Bertz CT molecular complexity index is 582. The lowest BCUT2D eigenvalue weighted by Crippen LogP contribution is -2.46. The summed E-state index contributed by atoms with van der Waals surface area (Å²) in [6, 6.07) is -0.203. The molecule has 2 N–H and O–H groups in total. The van der Waals surface area contributed by atoms with Crippen LogP contribution in [0.25, 0.3) is 0 Å². The van der Waals surface area contributed by atoms with Gasteiger partial charge in [0.05, 0.1) is 24.7 Å². The lowest BCUT2D eigenvalue weighted by Gasteiger charge is -2.28. The molecular formula is C16H25N3O3. The minimum absolute atomic E-state index is 0.0216. The highest BCUT2D eigenvalue weighted by Crippen LogP contribution is 2.12. The number of ketones is 1. The van der Waals surface area contributed by atoms with E-state index in [9.17, 15) is 14.7 Å². The number of piperidine rings is 1. The van der Waals surface area contributed by atoms with Gasteiger partial charge in [-0.05, 0) is 32.2 Å². The summed E-state index contributed by atoms with van der Waals surface area (Å²) >= 11 is 0. The Balaban J connectivity index is 2.07. The van der Waals surface area contributed by atoms with Crippen molar-refractivity contribution in [2.45, 2.75) is 64.6 Å². The van der Waals surface area contributed by atoms with Crippen molar-refractivity contribution in [3.63, 3.8) is 0 Å². The van der Waals surface area contributed by atoms with Gasteiger partial charge >= 0.3 is 0 Å². The minimum Gasteiger partial charge on any atom is -0.391 e. The van der Waals surface area contributed by atoms with Crippen molar-refractivity contribution in [2.75, 3.05) is 6.54 Å². The summed E-state index contributed by atoms with van der Waals surface area (Å²) in [4.78, 5) is 28.9. The summed E-state index contributed by atoms with van der Waals surface area (Å²) in [5.74, 6) is -0.0614. The van der Waals surface area contributed by atoms with E-state index in [-0.39, 0.29) is 30.3 Å². The van der Waals surface area contributed by atoms with Gasteiger partial charge in [-0.1, -0.05) is 13.8 Å². The monoisotopic (exact) mass is 307 g/mol. The number of rotatable bonds is 6. The molecule has 1 aromatic heterocycles. The summed E-state index contributed by atoms with van der Waals surface area (Å²) in [6.45, 7) is 4.73. The fraction of sp³-hybridized carbons (Fsp3) is 0.688. The molecule has 2 heterocycles. The van der Waals surface area contributed by atoms with Gasteiger partial charge in [-0.2, -0.15) is 0 Å². The first-order valence-corrected chi connectivity index (χ1v) is 8.07. The number of aryl methyl sites for hydroxylation is 1. The van der Waals surface area contributed by atoms with E-state index in [2.05, 4.69) is 10.3 Å². The van der Waals surface area contributed by atoms with Gasteiger partial charge in [-0.25, -0.2) is 4.98 Å². The molecule has 22 heavy (non-hydrogen) atoms. The third kappa shape index (κ3) is 3.81. The summed E-state index contributed by atoms with van der Waals surface area (Å²) in [7, 11) is 0. The van der Waals surface area contributed by atoms with E-state index in [0.717, 1.165) is 25.1 Å². The van der Waals surface area contributed by atoms with Gasteiger partial charge in [0, 0.05) is 18.0 Å². The predicted molar refractivity (Wildman–Crippen MR) is 83.9 cm³/mol. The van der Waals surface area contributed by atoms with Crippen LogP contribution in [0.5, 0.6) is 0 Å². The lowest BCUT2D eigenvalue weighted by atomic mass is 9.97. The van der Waals surface area contributed by atoms with Crippen molar-refractivity contribution in [1.29, 1.82) is 0 Å². The van der Waals surface area contributed by atoms with Crippen molar-refractivity contribution >= 4 is 5.78 Å². The van der Waals surface area contributed by atoms with E-state index in [0.29, 0.717) is 18.4 Å². The van der Waals surface area contributed by atoms with Crippen molar-refractivity contribution in [3.05, 3.63) is 27.9 Å². The Kier molecular flexibility index (Phi) is 5.85. The maximum Gasteiger partial charge on any atom is 0.257 e. The molecule has 0 radical (unpaired) electrons. The van der Waals surface area contributed by atoms with Crippen LogP contribution in [-0.4, -0.2) is 39.1 Å². The smallest absolute Gasteiger partial charge is 0.257 e. The van der Waals surface area contributed by atoms with E-state index in [4.69, 9.17) is 0 Å². The zero-order chi connectivity index (χ0) is 16.1. The van der Waals surface area contributed by atoms with Crippen LogP contribution in [0.3, 0.4) is 0 Å². The third-order valence-corrected chi connectivity index (χ3v) is 4.25. The van der Waals surface area contributed by atoms with Crippen LogP contribution < -0.4 is 10.9 Å². The summed E-state index contributed by atoms with van der Waals surface area (Å²) in [5, 5.41) is 13.1. The number of nitrogens with one attached hydrogen (secondary N) is 1. The molecule has 0 spiro atoms. The van der Waals surface area contributed by atoms with Gasteiger partial charge < -0.3 is 10.4 Å². The molecule has 0 amide bonds. The Labute approximate surface area is 130 Å². The third-order valence-electron chi connectivity index (χ3n) is 4.25. The summed E-state index contributed by atoms with van der Waals surface area (Å²) < 4.78 is 1.38. The maximum absolute atomic E-state index is 12.4. The van der Waals surface area contributed by atoms with Crippen molar-refractivity contribution in [3.8, 4) is 0 Å². The summed E-state index contributed by atoms with van der Waals surface area (Å²) in [5.41, 5.74) is 1.37. The van der Waals surface area contributed by atoms with Gasteiger partial charge in [-0.3, -0.25) is 14.2 Å². The molecule has 122 valence electrons. The quantitative estimate of drug-likeness (QED) is 0.797. The maximum atomic E-state index is 12.4. The second-order valence-electron chi connectivity index (χ2n) is 5.82.